The lowest BCUT2D eigenvalue weighted by Crippen LogP contribution is -2.04. The first-order valence-corrected chi connectivity index (χ1v) is 5.20. The smallest absolute Gasteiger partial charge is 0.346 e. The summed E-state index contributed by atoms with van der Waals surface area (Å²) in [6, 6.07) is 7.70. The van der Waals surface area contributed by atoms with E-state index in [2.05, 4.69) is 0 Å². The van der Waals surface area contributed by atoms with E-state index in [-0.39, 0.29) is 12.2 Å². The van der Waals surface area contributed by atoms with Crippen LogP contribution in [0.2, 0.25) is 0 Å². The quantitative estimate of drug-likeness (QED) is 0.497. The molecule has 0 saturated heterocycles. The second-order valence-corrected chi connectivity index (χ2v) is 3.32. The fourth-order valence-electron chi connectivity index (χ4n) is 1.24. The second-order valence-electron chi connectivity index (χ2n) is 3.32. The van der Waals surface area contributed by atoms with Gasteiger partial charge in [-0.05, 0) is 30.7 Å². The maximum atomic E-state index is 11.4. The molecule has 0 bridgehead atoms. The molecule has 0 amide bonds. The maximum Gasteiger partial charge on any atom is 0.346 e. The normalized spacial score (nSPS) is 10.6. The van der Waals surface area contributed by atoms with Crippen molar-refractivity contribution in [3.05, 3.63) is 41.0 Å². The maximum absolute atomic E-state index is 11.4. The summed E-state index contributed by atoms with van der Waals surface area (Å²) in [6.07, 6.45) is 1.23. The fourth-order valence-corrected chi connectivity index (χ4v) is 1.24. The van der Waals surface area contributed by atoms with Crippen LogP contribution in [-0.4, -0.2) is 23.7 Å². The van der Waals surface area contributed by atoms with Crippen LogP contribution in [0.5, 0.6) is 0 Å². The number of carbonyl (C=O) groups excluding carboxylic acids is 1. The number of hydrogen-bond donors (Lipinski definition) is 1. The van der Waals surface area contributed by atoms with Gasteiger partial charge in [0.15, 0.2) is 0 Å². The molecule has 1 aromatic rings. The molecule has 18 heavy (non-hydrogen) atoms. The van der Waals surface area contributed by atoms with Crippen molar-refractivity contribution in [2.45, 2.75) is 6.92 Å². The van der Waals surface area contributed by atoms with Crippen molar-refractivity contribution < 1.29 is 19.4 Å². The van der Waals surface area contributed by atoms with Crippen LogP contribution in [0.4, 0.5) is 0 Å². The number of hydrogen-bond acceptors (Lipinski definition) is 4. The summed E-state index contributed by atoms with van der Waals surface area (Å²) in [7, 11) is 0. The van der Waals surface area contributed by atoms with Gasteiger partial charge in [-0.3, -0.25) is 0 Å². The molecule has 1 N–H and O–H groups in total. The third kappa shape index (κ3) is 3.46. The van der Waals surface area contributed by atoms with E-state index in [9.17, 15) is 9.59 Å². The molecule has 5 nitrogen and oxygen atoms in total. The van der Waals surface area contributed by atoms with Crippen LogP contribution < -0.4 is 0 Å². The van der Waals surface area contributed by atoms with Gasteiger partial charge in [-0.1, -0.05) is 12.1 Å². The van der Waals surface area contributed by atoms with Gasteiger partial charge in [-0.15, -0.1) is 0 Å². The molecule has 0 fully saturated rings. The number of ether oxygens (including phenoxy) is 1. The Morgan fingerprint density at radius 3 is 2.44 bits per heavy atom. The van der Waals surface area contributed by atoms with Crippen LogP contribution in [0.1, 0.15) is 22.8 Å². The average molecular weight is 245 g/mol. The molecular formula is C13H11NO4. The highest BCUT2D eigenvalue weighted by atomic mass is 16.5. The first-order valence-electron chi connectivity index (χ1n) is 5.20. The van der Waals surface area contributed by atoms with Crippen LogP contribution in [0.3, 0.4) is 0 Å². The molecule has 0 spiro atoms. The van der Waals surface area contributed by atoms with Crippen molar-refractivity contribution >= 4 is 18.0 Å². The number of nitrogens with zero attached hydrogens (tertiary/aromatic N) is 1. The molecule has 1 rings (SSSR count). The Morgan fingerprint density at radius 2 is 2.00 bits per heavy atom. The third-order valence-electron chi connectivity index (χ3n) is 2.08. The molecule has 0 saturated carbocycles. The van der Waals surface area contributed by atoms with Gasteiger partial charge in [0.05, 0.1) is 12.2 Å². The van der Waals surface area contributed by atoms with E-state index in [4.69, 9.17) is 15.1 Å². The van der Waals surface area contributed by atoms with E-state index in [1.807, 2.05) is 0 Å². The minimum atomic E-state index is -1.29. The van der Waals surface area contributed by atoms with Crippen molar-refractivity contribution in [1.29, 1.82) is 5.26 Å². The largest absolute Gasteiger partial charge is 0.477 e. The van der Waals surface area contributed by atoms with Gasteiger partial charge in [-0.25, -0.2) is 9.59 Å². The summed E-state index contributed by atoms with van der Waals surface area (Å²) in [5, 5.41) is 17.3. The predicted octanol–water partition coefficient (Wildman–Crippen LogP) is 1.85. The zero-order chi connectivity index (χ0) is 13.5. The molecule has 0 aliphatic rings. The monoisotopic (exact) mass is 245 g/mol. The molecule has 0 aliphatic heterocycles. The van der Waals surface area contributed by atoms with Crippen molar-refractivity contribution in [2.75, 3.05) is 6.61 Å². The highest BCUT2D eigenvalue weighted by Crippen LogP contribution is 2.10. The number of aliphatic carboxylic acids is 1. The van der Waals surface area contributed by atoms with Crippen molar-refractivity contribution in [3.8, 4) is 6.07 Å². The Labute approximate surface area is 104 Å². The van der Waals surface area contributed by atoms with E-state index in [1.54, 1.807) is 25.1 Å². The van der Waals surface area contributed by atoms with Gasteiger partial charge in [0.2, 0.25) is 0 Å². The highest BCUT2D eigenvalue weighted by molar-refractivity contribution is 5.96. The number of rotatable bonds is 4. The van der Waals surface area contributed by atoms with Gasteiger partial charge in [-0.2, -0.15) is 5.26 Å². The van der Waals surface area contributed by atoms with E-state index in [0.29, 0.717) is 11.1 Å². The molecule has 0 heterocycles. The second kappa shape index (κ2) is 6.21. The molecule has 0 aliphatic carbocycles. The molecule has 5 heteroatoms. The topological polar surface area (TPSA) is 87.4 Å². The summed E-state index contributed by atoms with van der Waals surface area (Å²) < 4.78 is 4.81. The number of benzene rings is 1. The molecule has 0 unspecified atom stereocenters. The van der Waals surface area contributed by atoms with Gasteiger partial charge in [0.1, 0.15) is 11.6 Å². The SMILES string of the molecule is CCOC(=O)c1ccc(C=C(C#N)C(=O)O)cc1. The molecule has 0 atom stereocenters. The van der Waals surface area contributed by atoms with E-state index in [0.717, 1.165) is 0 Å². The standard InChI is InChI=1S/C13H11NO4/c1-2-18-13(17)10-5-3-9(4-6-10)7-11(8-14)12(15)16/h3-7H,2H2,1H3,(H,15,16). The molecular weight excluding hydrogens is 234 g/mol. The Bertz CT molecular complexity index is 523. The average Bonchev–Trinajstić information content (AvgIpc) is 2.36. The van der Waals surface area contributed by atoms with Crippen LogP contribution in [-0.2, 0) is 9.53 Å². The predicted molar refractivity (Wildman–Crippen MR) is 63.6 cm³/mol. The number of nitriles is 1. The van der Waals surface area contributed by atoms with E-state index in [1.165, 1.54) is 18.2 Å². The zero-order valence-corrected chi connectivity index (χ0v) is 9.71. The summed E-state index contributed by atoms with van der Waals surface area (Å²) in [4.78, 5) is 22.0. The van der Waals surface area contributed by atoms with E-state index < -0.39 is 11.9 Å². The lowest BCUT2D eigenvalue weighted by Gasteiger charge is -2.01. The Balaban J connectivity index is 2.93. The number of carboxylic acids is 1. The first-order chi connectivity index (χ1) is 8.58. The van der Waals surface area contributed by atoms with E-state index >= 15 is 0 Å². The lowest BCUT2D eigenvalue weighted by atomic mass is 10.1. The van der Waals surface area contributed by atoms with Crippen molar-refractivity contribution in [3.63, 3.8) is 0 Å². The van der Waals surface area contributed by atoms with Gasteiger partial charge < -0.3 is 9.84 Å². The number of carbonyl (C=O) groups is 2. The number of carboxylic acid groups (broad SMARTS) is 1. The van der Waals surface area contributed by atoms with Crippen LogP contribution in [0.25, 0.3) is 6.08 Å². The molecule has 1 aromatic carbocycles. The van der Waals surface area contributed by atoms with Crippen LogP contribution in [0, 0.1) is 11.3 Å². The van der Waals surface area contributed by atoms with Crippen molar-refractivity contribution in [2.24, 2.45) is 0 Å². The van der Waals surface area contributed by atoms with Crippen LogP contribution in [0.15, 0.2) is 29.8 Å². The first kappa shape index (κ1) is 13.5. The summed E-state index contributed by atoms with van der Waals surface area (Å²) >= 11 is 0. The summed E-state index contributed by atoms with van der Waals surface area (Å²) in [5.74, 6) is -1.72. The Morgan fingerprint density at radius 1 is 1.39 bits per heavy atom. The minimum absolute atomic E-state index is 0.290. The van der Waals surface area contributed by atoms with Gasteiger partial charge in [0, 0.05) is 0 Å². The molecule has 0 radical (unpaired) electrons. The van der Waals surface area contributed by atoms with Gasteiger partial charge in [0.25, 0.3) is 0 Å². The summed E-state index contributed by atoms with van der Waals surface area (Å²) in [6.45, 7) is 2.00. The van der Waals surface area contributed by atoms with Crippen LogP contribution >= 0.6 is 0 Å². The zero-order valence-electron chi connectivity index (χ0n) is 9.71. The highest BCUT2D eigenvalue weighted by Gasteiger charge is 2.07. The summed E-state index contributed by atoms with van der Waals surface area (Å²) in [5.41, 5.74) is 0.545. The van der Waals surface area contributed by atoms with Gasteiger partial charge >= 0.3 is 11.9 Å². The Hall–Kier alpha value is -2.61. The Kier molecular flexibility index (Phi) is 4.64. The fraction of sp³-hybridized carbons (Fsp3) is 0.154. The third-order valence-corrected chi connectivity index (χ3v) is 2.08. The number of esters is 1. The molecule has 0 aromatic heterocycles. The minimum Gasteiger partial charge on any atom is -0.477 e. The molecule has 92 valence electrons. The van der Waals surface area contributed by atoms with Crippen molar-refractivity contribution in [1.82, 2.24) is 0 Å². The lowest BCUT2D eigenvalue weighted by molar-refractivity contribution is -0.132.